The SMILES string of the molecule is CCOc1ccc(CC(=O)Nc2ccc3sc(C)nc3c2)cc1. The van der Waals surface area contributed by atoms with Crippen LogP contribution in [0.15, 0.2) is 42.5 Å². The van der Waals surface area contributed by atoms with Crippen LogP contribution in [-0.2, 0) is 11.2 Å². The molecule has 1 amide bonds. The first-order valence-electron chi connectivity index (χ1n) is 7.53. The van der Waals surface area contributed by atoms with Crippen molar-refractivity contribution in [3.63, 3.8) is 0 Å². The number of fused-ring (bicyclic) bond motifs is 1. The third-order valence-corrected chi connectivity index (χ3v) is 4.33. The quantitative estimate of drug-likeness (QED) is 0.765. The van der Waals surface area contributed by atoms with Crippen molar-refractivity contribution in [2.45, 2.75) is 20.3 Å². The number of nitrogens with one attached hydrogen (secondary N) is 1. The first kappa shape index (κ1) is 15.5. The molecule has 1 heterocycles. The van der Waals surface area contributed by atoms with Crippen molar-refractivity contribution in [2.24, 2.45) is 0 Å². The minimum absolute atomic E-state index is 0.0412. The number of hydrogen-bond acceptors (Lipinski definition) is 4. The Morgan fingerprint density at radius 3 is 2.74 bits per heavy atom. The lowest BCUT2D eigenvalue weighted by Crippen LogP contribution is -2.14. The van der Waals surface area contributed by atoms with Crippen LogP contribution in [0.25, 0.3) is 10.2 Å². The Morgan fingerprint density at radius 1 is 1.22 bits per heavy atom. The molecule has 1 N–H and O–H groups in total. The molecule has 0 aliphatic heterocycles. The normalized spacial score (nSPS) is 10.7. The molecule has 3 rings (SSSR count). The van der Waals surface area contributed by atoms with E-state index in [1.165, 1.54) is 0 Å². The molecule has 0 unspecified atom stereocenters. The highest BCUT2D eigenvalue weighted by Crippen LogP contribution is 2.24. The van der Waals surface area contributed by atoms with Crippen LogP contribution in [0.4, 0.5) is 5.69 Å². The number of hydrogen-bond donors (Lipinski definition) is 1. The largest absolute Gasteiger partial charge is 0.494 e. The first-order valence-corrected chi connectivity index (χ1v) is 8.34. The fourth-order valence-electron chi connectivity index (χ4n) is 2.38. The average molecular weight is 326 g/mol. The van der Waals surface area contributed by atoms with Gasteiger partial charge in [-0.15, -0.1) is 11.3 Å². The number of aryl methyl sites for hydroxylation is 1. The summed E-state index contributed by atoms with van der Waals surface area (Å²) >= 11 is 1.65. The maximum atomic E-state index is 12.2. The van der Waals surface area contributed by atoms with Crippen molar-refractivity contribution in [1.29, 1.82) is 0 Å². The maximum Gasteiger partial charge on any atom is 0.228 e. The molecule has 0 saturated carbocycles. The number of thiazole rings is 1. The topological polar surface area (TPSA) is 51.2 Å². The summed E-state index contributed by atoms with van der Waals surface area (Å²) in [5.41, 5.74) is 2.65. The van der Waals surface area contributed by atoms with Crippen molar-refractivity contribution in [2.75, 3.05) is 11.9 Å². The van der Waals surface area contributed by atoms with E-state index in [1.807, 2.05) is 56.3 Å². The molecule has 0 saturated heterocycles. The minimum atomic E-state index is -0.0412. The lowest BCUT2D eigenvalue weighted by atomic mass is 10.1. The van der Waals surface area contributed by atoms with Crippen molar-refractivity contribution in [1.82, 2.24) is 4.98 Å². The minimum Gasteiger partial charge on any atom is -0.494 e. The first-order chi connectivity index (χ1) is 11.1. The molecule has 23 heavy (non-hydrogen) atoms. The molecule has 0 bridgehead atoms. The Morgan fingerprint density at radius 2 is 2.00 bits per heavy atom. The summed E-state index contributed by atoms with van der Waals surface area (Å²) in [6, 6.07) is 13.4. The molecule has 0 aliphatic carbocycles. The molecule has 1 aromatic heterocycles. The van der Waals surface area contributed by atoms with Crippen LogP contribution in [0.3, 0.4) is 0 Å². The highest BCUT2D eigenvalue weighted by atomic mass is 32.1. The van der Waals surface area contributed by atoms with Crippen molar-refractivity contribution < 1.29 is 9.53 Å². The monoisotopic (exact) mass is 326 g/mol. The van der Waals surface area contributed by atoms with Gasteiger partial charge >= 0.3 is 0 Å². The standard InChI is InChI=1S/C18H18N2O2S/c1-3-22-15-7-4-13(5-8-15)10-18(21)20-14-6-9-17-16(11-14)19-12(2)23-17/h4-9,11H,3,10H2,1-2H3,(H,20,21). The van der Waals surface area contributed by atoms with E-state index in [0.717, 1.165) is 32.2 Å². The van der Waals surface area contributed by atoms with Crippen LogP contribution in [0.1, 0.15) is 17.5 Å². The molecular weight excluding hydrogens is 308 g/mol. The number of ether oxygens (including phenoxy) is 1. The number of carbonyl (C=O) groups excluding carboxylic acids is 1. The molecule has 0 spiro atoms. The van der Waals surface area contributed by atoms with Gasteiger partial charge in [0.1, 0.15) is 5.75 Å². The van der Waals surface area contributed by atoms with Gasteiger partial charge in [-0.1, -0.05) is 12.1 Å². The Balaban J connectivity index is 1.65. The lowest BCUT2D eigenvalue weighted by Gasteiger charge is -2.07. The van der Waals surface area contributed by atoms with Crippen LogP contribution < -0.4 is 10.1 Å². The number of nitrogens with zero attached hydrogens (tertiary/aromatic N) is 1. The van der Waals surface area contributed by atoms with Crippen LogP contribution in [0.2, 0.25) is 0 Å². The molecule has 3 aromatic rings. The van der Waals surface area contributed by atoms with Gasteiger partial charge in [0, 0.05) is 5.69 Å². The van der Waals surface area contributed by atoms with Crippen LogP contribution >= 0.6 is 11.3 Å². The average Bonchev–Trinajstić information content (AvgIpc) is 2.89. The molecule has 0 fully saturated rings. The lowest BCUT2D eigenvalue weighted by molar-refractivity contribution is -0.115. The van der Waals surface area contributed by atoms with E-state index in [9.17, 15) is 4.79 Å². The summed E-state index contributed by atoms with van der Waals surface area (Å²) in [5.74, 6) is 0.779. The number of anilines is 1. The number of carbonyl (C=O) groups is 1. The second-order valence-corrected chi connectivity index (χ2v) is 6.45. The van der Waals surface area contributed by atoms with Crippen molar-refractivity contribution in [3.05, 3.63) is 53.0 Å². The fourth-order valence-corrected chi connectivity index (χ4v) is 3.19. The molecular formula is C18H18N2O2S. The van der Waals surface area contributed by atoms with Crippen molar-refractivity contribution >= 4 is 33.1 Å². The van der Waals surface area contributed by atoms with Gasteiger partial charge in [0.25, 0.3) is 0 Å². The molecule has 118 valence electrons. The Labute approximate surface area is 139 Å². The van der Waals surface area contributed by atoms with Gasteiger partial charge in [0.2, 0.25) is 5.91 Å². The van der Waals surface area contributed by atoms with Crippen LogP contribution in [-0.4, -0.2) is 17.5 Å². The van der Waals surface area contributed by atoms with E-state index >= 15 is 0 Å². The summed E-state index contributed by atoms with van der Waals surface area (Å²) in [5, 5.41) is 3.95. The predicted molar refractivity (Wildman–Crippen MR) is 94.3 cm³/mol. The Bertz CT molecular complexity index is 825. The van der Waals surface area contributed by atoms with Gasteiger partial charge in [0.05, 0.1) is 28.3 Å². The Hall–Kier alpha value is -2.40. The van der Waals surface area contributed by atoms with Gasteiger partial charge < -0.3 is 10.1 Å². The van der Waals surface area contributed by atoms with E-state index in [2.05, 4.69) is 10.3 Å². The number of aromatic nitrogens is 1. The summed E-state index contributed by atoms with van der Waals surface area (Å²) in [4.78, 5) is 16.6. The second kappa shape index (κ2) is 6.79. The zero-order valence-electron chi connectivity index (χ0n) is 13.1. The number of benzene rings is 2. The second-order valence-electron chi connectivity index (χ2n) is 5.22. The summed E-state index contributed by atoms with van der Waals surface area (Å²) in [6.45, 7) is 4.56. The summed E-state index contributed by atoms with van der Waals surface area (Å²) < 4.78 is 6.53. The number of rotatable bonds is 5. The third-order valence-electron chi connectivity index (χ3n) is 3.38. The molecule has 2 aromatic carbocycles. The van der Waals surface area contributed by atoms with Crippen LogP contribution in [0, 0.1) is 6.92 Å². The van der Waals surface area contributed by atoms with Gasteiger partial charge in [-0.05, 0) is 49.7 Å². The molecule has 4 nitrogen and oxygen atoms in total. The summed E-state index contributed by atoms with van der Waals surface area (Å²) in [6.07, 6.45) is 0.334. The van der Waals surface area contributed by atoms with Gasteiger partial charge in [-0.3, -0.25) is 4.79 Å². The van der Waals surface area contributed by atoms with Gasteiger partial charge in [-0.25, -0.2) is 4.98 Å². The molecule has 0 radical (unpaired) electrons. The fraction of sp³-hybridized carbons (Fsp3) is 0.222. The van der Waals surface area contributed by atoms with E-state index in [4.69, 9.17) is 4.74 Å². The highest BCUT2D eigenvalue weighted by Gasteiger charge is 2.07. The Kier molecular flexibility index (Phi) is 4.57. The van der Waals surface area contributed by atoms with E-state index in [0.29, 0.717) is 13.0 Å². The van der Waals surface area contributed by atoms with E-state index < -0.39 is 0 Å². The smallest absolute Gasteiger partial charge is 0.228 e. The molecule has 0 atom stereocenters. The summed E-state index contributed by atoms with van der Waals surface area (Å²) in [7, 11) is 0. The molecule has 0 aliphatic rings. The zero-order chi connectivity index (χ0) is 16.2. The van der Waals surface area contributed by atoms with E-state index in [1.54, 1.807) is 11.3 Å². The molecule has 5 heteroatoms. The number of amides is 1. The third kappa shape index (κ3) is 3.87. The van der Waals surface area contributed by atoms with Crippen LogP contribution in [0.5, 0.6) is 5.75 Å². The predicted octanol–water partition coefficient (Wildman–Crippen LogP) is 4.18. The van der Waals surface area contributed by atoms with Gasteiger partial charge in [-0.2, -0.15) is 0 Å². The highest BCUT2D eigenvalue weighted by molar-refractivity contribution is 7.18. The van der Waals surface area contributed by atoms with Crippen molar-refractivity contribution in [3.8, 4) is 5.75 Å². The van der Waals surface area contributed by atoms with Gasteiger partial charge in [0.15, 0.2) is 0 Å². The zero-order valence-corrected chi connectivity index (χ0v) is 13.9. The van der Waals surface area contributed by atoms with E-state index in [-0.39, 0.29) is 5.91 Å². The maximum absolute atomic E-state index is 12.2.